The number of methoxy groups -OCH3 is 1. The number of nitrogens with zero attached hydrogens (tertiary/aromatic N) is 4. The number of anilines is 2. The quantitative estimate of drug-likeness (QED) is 0.750. The van der Waals surface area contributed by atoms with Crippen LogP contribution in [-0.4, -0.2) is 40.7 Å². The number of piperidine rings is 1. The van der Waals surface area contributed by atoms with Crippen molar-refractivity contribution in [2.75, 3.05) is 30.4 Å². The molecule has 8 heteroatoms. The van der Waals surface area contributed by atoms with Crippen molar-refractivity contribution >= 4 is 23.2 Å². The molecule has 2 aromatic heterocycles. The normalized spacial score (nSPS) is 17.0. The van der Waals surface area contributed by atoms with Crippen molar-refractivity contribution in [1.29, 1.82) is 0 Å². The third kappa shape index (κ3) is 3.37. The molecule has 3 heterocycles. The highest BCUT2D eigenvalue weighted by atomic mass is 19.1. The molecule has 1 N–H and O–H groups in total. The fourth-order valence-corrected chi connectivity index (χ4v) is 3.65. The minimum atomic E-state index is -0.504. The first kappa shape index (κ1) is 18.2. The molecule has 1 aromatic carbocycles. The number of aryl methyl sites for hydroxylation is 1. The first-order valence-electron chi connectivity index (χ1n) is 9.27. The number of halogens is 1. The standard InChI is InChI=1S/C20H22FN5O2/c1-13-5-3-7-18-23-24-20(26(13)18)25-10-4-6-14(12-25)19(27)22-15-8-9-17(28-2)16(21)11-15/h3,5,7-9,11,14H,4,6,10,12H2,1-2H3,(H,22,27)/t14-/m0/s1. The Kier molecular flexibility index (Phi) is 4.85. The van der Waals surface area contributed by atoms with E-state index in [1.165, 1.54) is 19.2 Å². The molecule has 4 rings (SSSR count). The van der Waals surface area contributed by atoms with E-state index in [-0.39, 0.29) is 17.6 Å². The first-order chi connectivity index (χ1) is 13.6. The maximum Gasteiger partial charge on any atom is 0.231 e. The van der Waals surface area contributed by atoms with E-state index >= 15 is 0 Å². The van der Waals surface area contributed by atoms with E-state index in [1.54, 1.807) is 6.07 Å². The maximum absolute atomic E-state index is 13.9. The molecule has 1 aliphatic heterocycles. The van der Waals surface area contributed by atoms with Crippen molar-refractivity contribution in [2.24, 2.45) is 5.92 Å². The Hall–Kier alpha value is -3.16. The van der Waals surface area contributed by atoms with Gasteiger partial charge >= 0.3 is 0 Å². The molecule has 0 saturated carbocycles. The van der Waals surface area contributed by atoms with E-state index in [1.807, 2.05) is 29.5 Å². The molecular weight excluding hydrogens is 361 g/mol. The van der Waals surface area contributed by atoms with Gasteiger partial charge < -0.3 is 15.0 Å². The number of ether oxygens (including phenoxy) is 1. The molecule has 1 atom stereocenters. The van der Waals surface area contributed by atoms with Gasteiger partial charge in [-0.1, -0.05) is 6.07 Å². The number of hydrogen-bond donors (Lipinski definition) is 1. The van der Waals surface area contributed by atoms with Gasteiger partial charge in [-0.05, 0) is 44.0 Å². The summed E-state index contributed by atoms with van der Waals surface area (Å²) < 4.78 is 20.8. The lowest BCUT2D eigenvalue weighted by molar-refractivity contribution is -0.120. The number of nitrogens with one attached hydrogen (secondary N) is 1. The van der Waals surface area contributed by atoms with Crippen LogP contribution in [-0.2, 0) is 4.79 Å². The van der Waals surface area contributed by atoms with Crippen molar-refractivity contribution in [2.45, 2.75) is 19.8 Å². The summed E-state index contributed by atoms with van der Waals surface area (Å²) in [7, 11) is 1.41. The molecule has 28 heavy (non-hydrogen) atoms. The first-order valence-corrected chi connectivity index (χ1v) is 9.27. The van der Waals surface area contributed by atoms with E-state index < -0.39 is 5.82 Å². The zero-order chi connectivity index (χ0) is 19.7. The molecule has 7 nitrogen and oxygen atoms in total. The molecule has 0 radical (unpaired) electrons. The average Bonchev–Trinajstić information content (AvgIpc) is 3.14. The highest BCUT2D eigenvalue weighted by Gasteiger charge is 2.28. The number of aromatic nitrogens is 3. The molecule has 0 unspecified atom stereocenters. The van der Waals surface area contributed by atoms with Crippen LogP contribution in [0.25, 0.3) is 5.65 Å². The van der Waals surface area contributed by atoms with E-state index in [0.29, 0.717) is 12.2 Å². The Morgan fingerprint density at radius 1 is 1.29 bits per heavy atom. The molecule has 1 saturated heterocycles. The van der Waals surface area contributed by atoms with Crippen molar-refractivity contribution in [3.8, 4) is 5.75 Å². The Morgan fingerprint density at radius 2 is 2.14 bits per heavy atom. The van der Waals surface area contributed by atoms with Crippen molar-refractivity contribution < 1.29 is 13.9 Å². The third-order valence-corrected chi connectivity index (χ3v) is 5.10. The lowest BCUT2D eigenvalue weighted by Crippen LogP contribution is -2.41. The average molecular weight is 383 g/mol. The number of rotatable bonds is 4. The van der Waals surface area contributed by atoms with Crippen LogP contribution in [0.15, 0.2) is 36.4 Å². The van der Waals surface area contributed by atoms with Crippen LogP contribution in [0.5, 0.6) is 5.75 Å². The predicted octanol–water partition coefficient (Wildman–Crippen LogP) is 3.04. The highest BCUT2D eigenvalue weighted by Crippen LogP contribution is 2.25. The minimum Gasteiger partial charge on any atom is -0.494 e. The van der Waals surface area contributed by atoms with Gasteiger partial charge in [-0.15, -0.1) is 10.2 Å². The molecule has 0 bridgehead atoms. The van der Waals surface area contributed by atoms with Gasteiger partial charge in [0.25, 0.3) is 0 Å². The summed E-state index contributed by atoms with van der Waals surface area (Å²) in [6.07, 6.45) is 1.65. The number of benzene rings is 1. The number of carbonyl (C=O) groups excluding carboxylic acids is 1. The topological polar surface area (TPSA) is 71.8 Å². The fourth-order valence-electron chi connectivity index (χ4n) is 3.65. The zero-order valence-electron chi connectivity index (χ0n) is 15.9. The molecule has 1 aliphatic rings. The molecule has 146 valence electrons. The monoisotopic (exact) mass is 383 g/mol. The summed E-state index contributed by atoms with van der Waals surface area (Å²) in [5.41, 5.74) is 2.25. The van der Waals surface area contributed by atoms with Crippen LogP contribution < -0.4 is 15.0 Å². The van der Waals surface area contributed by atoms with Crippen molar-refractivity contribution in [3.05, 3.63) is 47.9 Å². The molecule has 0 aliphatic carbocycles. The second-order valence-corrected chi connectivity index (χ2v) is 6.98. The summed E-state index contributed by atoms with van der Waals surface area (Å²) in [4.78, 5) is 14.8. The summed E-state index contributed by atoms with van der Waals surface area (Å²) in [6, 6.07) is 10.3. The Bertz CT molecular complexity index is 1020. The Balaban J connectivity index is 1.50. The molecule has 1 amide bonds. The lowest BCUT2D eigenvalue weighted by atomic mass is 9.97. The second kappa shape index (κ2) is 7.46. The largest absolute Gasteiger partial charge is 0.494 e. The summed E-state index contributed by atoms with van der Waals surface area (Å²) >= 11 is 0. The molecule has 0 spiro atoms. The van der Waals surface area contributed by atoms with Crippen LogP contribution in [0.3, 0.4) is 0 Å². The van der Waals surface area contributed by atoms with Gasteiger partial charge in [-0.25, -0.2) is 4.39 Å². The Morgan fingerprint density at radius 3 is 2.93 bits per heavy atom. The van der Waals surface area contributed by atoms with Gasteiger partial charge in [0.15, 0.2) is 17.2 Å². The number of amides is 1. The van der Waals surface area contributed by atoms with Gasteiger partial charge in [0.05, 0.1) is 13.0 Å². The van der Waals surface area contributed by atoms with Gasteiger partial charge in [0.1, 0.15) is 0 Å². The number of carbonyl (C=O) groups is 1. The van der Waals surface area contributed by atoms with Gasteiger partial charge in [0.2, 0.25) is 11.9 Å². The van der Waals surface area contributed by atoms with Crippen molar-refractivity contribution in [1.82, 2.24) is 14.6 Å². The van der Waals surface area contributed by atoms with Gasteiger partial charge in [-0.2, -0.15) is 0 Å². The highest BCUT2D eigenvalue weighted by molar-refractivity contribution is 5.93. The lowest BCUT2D eigenvalue weighted by Gasteiger charge is -2.32. The van der Waals surface area contributed by atoms with Crippen LogP contribution in [0.1, 0.15) is 18.5 Å². The number of fused-ring (bicyclic) bond motifs is 1. The SMILES string of the molecule is COc1ccc(NC(=O)[C@H]2CCCN(c3nnc4cccc(C)n34)C2)cc1F. The van der Waals surface area contributed by atoms with Crippen LogP contribution >= 0.6 is 0 Å². The van der Waals surface area contributed by atoms with E-state index in [0.717, 1.165) is 36.7 Å². The number of hydrogen-bond acceptors (Lipinski definition) is 5. The predicted molar refractivity (Wildman–Crippen MR) is 104 cm³/mol. The molecule has 3 aromatic rings. The molecular formula is C20H22FN5O2. The van der Waals surface area contributed by atoms with Crippen LogP contribution in [0, 0.1) is 18.7 Å². The van der Waals surface area contributed by atoms with E-state index in [4.69, 9.17) is 4.74 Å². The van der Waals surface area contributed by atoms with Gasteiger partial charge in [0, 0.05) is 30.5 Å². The smallest absolute Gasteiger partial charge is 0.231 e. The van der Waals surface area contributed by atoms with Crippen molar-refractivity contribution in [3.63, 3.8) is 0 Å². The van der Waals surface area contributed by atoms with Crippen LogP contribution in [0.2, 0.25) is 0 Å². The zero-order valence-corrected chi connectivity index (χ0v) is 15.9. The van der Waals surface area contributed by atoms with Gasteiger partial charge in [-0.3, -0.25) is 9.20 Å². The summed E-state index contributed by atoms with van der Waals surface area (Å²) in [5, 5.41) is 11.4. The molecule has 1 fully saturated rings. The van der Waals surface area contributed by atoms with E-state index in [2.05, 4.69) is 20.4 Å². The minimum absolute atomic E-state index is 0.125. The van der Waals surface area contributed by atoms with E-state index in [9.17, 15) is 9.18 Å². The summed E-state index contributed by atoms with van der Waals surface area (Å²) in [5.74, 6) is 0.0584. The Labute approximate surface area is 162 Å². The third-order valence-electron chi connectivity index (χ3n) is 5.10. The second-order valence-electron chi connectivity index (χ2n) is 6.98. The number of pyridine rings is 1. The summed E-state index contributed by atoms with van der Waals surface area (Å²) in [6.45, 7) is 3.36. The van der Waals surface area contributed by atoms with Crippen LogP contribution in [0.4, 0.5) is 16.0 Å². The maximum atomic E-state index is 13.9. The fraction of sp³-hybridized carbons (Fsp3) is 0.350.